The van der Waals surface area contributed by atoms with Gasteiger partial charge in [0, 0.05) is 28.7 Å². The Labute approximate surface area is 131 Å². The van der Waals surface area contributed by atoms with Gasteiger partial charge in [-0.1, -0.05) is 11.6 Å². The normalized spacial score (nSPS) is 10.6. The highest BCUT2D eigenvalue weighted by atomic mass is 35.5. The van der Waals surface area contributed by atoms with Crippen LogP contribution in [0, 0.1) is 0 Å². The van der Waals surface area contributed by atoms with Crippen LogP contribution in [0.4, 0.5) is 5.69 Å². The highest BCUT2D eigenvalue weighted by Crippen LogP contribution is 2.35. The molecular weight excluding hydrogens is 310 g/mol. The van der Waals surface area contributed by atoms with Gasteiger partial charge in [-0.05, 0) is 25.1 Å². The topological polar surface area (TPSA) is 75.4 Å². The van der Waals surface area contributed by atoms with Gasteiger partial charge in [0.25, 0.3) is 5.91 Å². The number of nitrogens with zero attached hydrogens (tertiary/aromatic N) is 1. The number of nitrogens with one attached hydrogen (secondary N) is 1. The Morgan fingerprint density at radius 3 is 2.81 bits per heavy atom. The second-order valence-corrected chi connectivity index (χ2v) is 6.06. The van der Waals surface area contributed by atoms with Crippen LogP contribution in [0.1, 0.15) is 16.6 Å². The molecule has 0 saturated heterocycles. The molecule has 7 heteroatoms. The Morgan fingerprint density at radius 1 is 1.43 bits per heavy atom. The van der Waals surface area contributed by atoms with Crippen LogP contribution in [0.3, 0.4) is 0 Å². The molecule has 0 saturated carbocycles. The zero-order chi connectivity index (χ0) is 15.6. The maximum Gasteiger partial charge on any atom is 0.263 e. The third-order valence-corrected chi connectivity index (χ3v) is 4.62. The van der Waals surface area contributed by atoms with Crippen molar-refractivity contribution >= 4 is 50.5 Å². The van der Waals surface area contributed by atoms with Gasteiger partial charge < -0.3 is 16.0 Å². The molecule has 21 heavy (non-hydrogen) atoms. The number of hydrogen-bond acceptors (Lipinski definition) is 4. The summed E-state index contributed by atoms with van der Waals surface area (Å²) in [5.74, 6) is -0.490. The van der Waals surface area contributed by atoms with E-state index in [0.717, 1.165) is 10.1 Å². The van der Waals surface area contributed by atoms with E-state index in [4.69, 9.17) is 17.3 Å². The van der Waals surface area contributed by atoms with Gasteiger partial charge in [-0.25, -0.2) is 0 Å². The quantitative estimate of drug-likeness (QED) is 0.906. The molecule has 112 valence electrons. The molecule has 0 aliphatic carbocycles. The van der Waals surface area contributed by atoms with Crippen LogP contribution in [0.2, 0.25) is 5.02 Å². The average Bonchev–Trinajstić information content (AvgIpc) is 2.80. The van der Waals surface area contributed by atoms with Crippen LogP contribution in [-0.2, 0) is 4.79 Å². The first-order valence-corrected chi connectivity index (χ1v) is 7.63. The summed E-state index contributed by atoms with van der Waals surface area (Å²) in [6.45, 7) is 2.42. The van der Waals surface area contributed by atoms with Gasteiger partial charge in [-0.2, -0.15) is 0 Å². The lowest BCUT2D eigenvalue weighted by atomic mass is 10.2. The second-order valence-electron chi connectivity index (χ2n) is 4.58. The van der Waals surface area contributed by atoms with Crippen molar-refractivity contribution < 1.29 is 9.59 Å². The van der Waals surface area contributed by atoms with Crippen molar-refractivity contribution in [2.75, 3.05) is 25.9 Å². The highest BCUT2D eigenvalue weighted by molar-refractivity contribution is 7.21. The number of benzene rings is 1. The number of hydrogen-bond donors (Lipinski definition) is 2. The maximum atomic E-state index is 12.2. The third-order valence-electron chi connectivity index (χ3n) is 3.19. The Balaban J connectivity index is 2.16. The number of carbonyl (C=O) groups excluding carboxylic acids is 2. The molecule has 2 aromatic rings. The fourth-order valence-electron chi connectivity index (χ4n) is 1.81. The van der Waals surface area contributed by atoms with E-state index in [2.05, 4.69) is 5.32 Å². The molecule has 1 aromatic heterocycles. The van der Waals surface area contributed by atoms with Gasteiger partial charge in [0.2, 0.25) is 5.91 Å². The Bertz CT molecular complexity index is 699. The Hall–Kier alpha value is -1.79. The summed E-state index contributed by atoms with van der Waals surface area (Å²) >= 11 is 7.22. The van der Waals surface area contributed by atoms with Gasteiger partial charge in [-0.15, -0.1) is 11.3 Å². The lowest BCUT2D eigenvalue weighted by Gasteiger charge is -2.14. The van der Waals surface area contributed by atoms with E-state index in [1.165, 1.54) is 16.2 Å². The SMILES string of the molecule is CCN(C)C(=O)CNC(=O)c1sc2ccc(Cl)cc2c1N. The molecule has 0 radical (unpaired) electrons. The molecule has 0 aliphatic heterocycles. The largest absolute Gasteiger partial charge is 0.397 e. The Kier molecular flexibility index (Phi) is 4.69. The van der Waals surface area contributed by atoms with Crippen molar-refractivity contribution in [3.05, 3.63) is 28.1 Å². The minimum atomic E-state index is -0.345. The van der Waals surface area contributed by atoms with Crippen molar-refractivity contribution in [2.24, 2.45) is 0 Å². The van der Waals surface area contributed by atoms with E-state index in [9.17, 15) is 9.59 Å². The van der Waals surface area contributed by atoms with E-state index in [1.54, 1.807) is 19.2 Å². The number of nitrogen functional groups attached to an aromatic ring is 1. The summed E-state index contributed by atoms with van der Waals surface area (Å²) in [4.78, 5) is 25.8. The predicted molar refractivity (Wildman–Crippen MR) is 86.9 cm³/mol. The molecule has 0 fully saturated rings. The molecule has 0 aliphatic rings. The average molecular weight is 326 g/mol. The monoisotopic (exact) mass is 325 g/mol. The zero-order valence-electron chi connectivity index (χ0n) is 11.8. The molecule has 2 rings (SSSR count). The molecular formula is C14H16ClN3O2S. The molecule has 5 nitrogen and oxygen atoms in total. The summed E-state index contributed by atoms with van der Waals surface area (Å²) in [5.41, 5.74) is 6.39. The summed E-state index contributed by atoms with van der Waals surface area (Å²) in [7, 11) is 1.68. The number of anilines is 1. The first-order chi connectivity index (χ1) is 9.93. The van der Waals surface area contributed by atoms with Crippen LogP contribution in [0.15, 0.2) is 18.2 Å². The number of nitrogens with two attached hydrogens (primary N) is 1. The molecule has 1 heterocycles. The number of fused-ring (bicyclic) bond motifs is 1. The van der Waals surface area contributed by atoms with Gasteiger partial charge in [0.15, 0.2) is 0 Å². The molecule has 3 N–H and O–H groups in total. The number of rotatable bonds is 4. The fourth-order valence-corrected chi connectivity index (χ4v) is 3.00. The predicted octanol–water partition coefficient (Wildman–Crippen LogP) is 2.34. The maximum absolute atomic E-state index is 12.2. The van der Waals surface area contributed by atoms with Crippen molar-refractivity contribution in [1.29, 1.82) is 0 Å². The van der Waals surface area contributed by atoms with Crippen LogP contribution >= 0.6 is 22.9 Å². The van der Waals surface area contributed by atoms with Crippen LogP contribution in [-0.4, -0.2) is 36.9 Å². The second kappa shape index (κ2) is 6.32. The minimum Gasteiger partial charge on any atom is -0.397 e. The van der Waals surface area contributed by atoms with Crippen molar-refractivity contribution in [3.8, 4) is 0 Å². The number of halogens is 1. The van der Waals surface area contributed by atoms with E-state index < -0.39 is 0 Å². The molecule has 0 spiro atoms. The van der Waals surface area contributed by atoms with Crippen molar-refractivity contribution in [2.45, 2.75) is 6.92 Å². The third kappa shape index (κ3) is 3.28. The van der Waals surface area contributed by atoms with Crippen molar-refractivity contribution in [1.82, 2.24) is 10.2 Å². The highest BCUT2D eigenvalue weighted by Gasteiger charge is 2.17. The van der Waals surface area contributed by atoms with Gasteiger partial charge in [0.1, 0.15) is 4.88 Å². The summed E-state index contributed by atoms with van der Waals surface area (Å²) in [6, 6.07) is 5.31. The zero-order valence-corrected chi connectivity index (χ0v) is 13.3. The number of thiophene rings is 1. The van der Waals surface area contributed by atoms with Crippen molar-refractivity contribution in [3.63, 3.8) is 0 Å². The number of amides is 2. The van der Waals surface area contributed by atoms with E-state index >= 15 is 0 Å². The van der Waals surface area contributed by atoms with Gasteiger partial charge >= 0.3 is 0 Å². The summed E-state index contributed by atoms with van der Waals surface area (Å²) < 4.78 is 0.888. The lowest BCUT2D eigenvalue weighted by molar-refractivity contribution is -0.128. The smallest absolute Gasteiger partial charge is 0.263 e. The molecule has 2 amide bonds. The number of likely N-dealkylation sites (N-methyl/N-ethyl adjacent to an activating group) is 1. The van der Waals surface area contributed by atoms with E-state index in [0.29, 0.717) is 22.1 Å². The van der Waals surface area contributed by atoms with Gasteiger partial charge in [-0.3, -0.25) is 9.59 Å². The van der Waals surface area contributed by atoms with E-state index in [1.807, 2.05) is 13.0 Å². The standard InChI is InChI=1S/C14H16ClN3O2S/c1-3-18(2)11(19)7-17-14(20)13-12(16)9-6-8(15)4-5-10(9)21-13/h4-6H,3,7,16H2,1-2H3,(H,17,20). The lowest BCUT2D eigenvalue weighted by Crippen LogP contribution is -2.37. The molecule has 0 unspecified atom stereocenters. The first-order valence-electron chi connectivity index (χ1n) is 6.43. The fraction of sp³-hybridized carbons (Fsp3) is 0.286. The van der Waals surface area contributed by atoms with Crippen LogP contribution in [0.5, 0.6) is 0 Å². The Morgan fingerprint density at radius 2 is 2.14 bits per heavy atom. The molecule has 1 aromatic carbocycles. The minimum absolute atomic E-state index is 0.0440. The van der Waals surface area contributed by atoms with E-state index in [-0.39, 0.29) is 18.4 Å². The summed E-state index contributed by atoms with van der Waals surface area (Å²) in [5, 5.41) is 3.92. The van der Waals surface area contributed by atoms with Crippen LogP contribution in [0.25, 0.3) is 10.1 Å². The molecule has 0 atom stereocenters. The first kappa shape index (κ1) is 15.6. The van der Waals surface area contributed by atoms with Crippen LogP contribution < -0.4 is 11.1 Å². The number of carbonyl (C=O) groups is 2. The molecule has 0 bridgehead atoms. The van der Waals surface area contributed by atoms with Gasteiger partial charge in [0.05, 0.1) is 12.2 Å². The summed E-state index contributed by atoms with van der Waals surface area (Å²) in [6.07, 6.45) is 0.